The average Bonchev–Trinajstić information content (AvgIpc) is 2.18. The van der Waals surface area contributed by atoms with Crippen LogP contribution in [0, 0.1) is 17.1 Å². The summed E-state index contributed by atoms with van der Waals surface area (Å²) < 4.78 is 24.8. The van der Waals surface area contributed by atoms with Crippen molar-refractivity contribution in [2.24, 2.45) is 0 Å². The van der Waals surface area contributed by atoms with Crippen molar-refractivity contribution >= 4 is 0 Å². The Morgan fingerprint density at radius 1 is 1.05 bits per heavy atom. The summed E-state index contributed by atoms with van der Waals surface area (Å²) >= 11 is 0. The van der Waals surface area contributed by atoms with Gasteiger partial charge < -0.3 is 9.47 Å². The van der Waals surface area contributed by atoms with E-state index >= 15 is 0 Å². The van der Waals surface area contributed by atoms with E-state index in [2.05, 4.69) is 4.98 Å². The molecule has 0 spiro atoms. The maximum absolute atomic E-state index is 13.8. The minimum absolute atomic E-state index is 0.0497. The molecule has 1 aromatic heterocycles. The third-order valence-electron chi connectivity index (χ3n) is 1.84. The predicted octanol–water partition coefficient (Wildman–Crippen LogP) is 3.45. The summed E-state index contributed by atoms with van der Waals surface area (Å²) in [6, 6.07) is 2.94. The molecule has 19 heavy (non-hydrogen) atoms. The van der Waals surface area contributed by atoms with Gasteiger partial charge in [0.25, 0.3) is 5.88 Å². The van der Waals surface area contributed by atoms with Crippen molar-refractivity contribution in [1.82, 2.24) is 4.98 Å². The van der Waals surface area contributed by atoms with E-state index in [0.29, 0.717) is 0 Å². The Morgan fingerprint density at radius 2 is 1.53 bits per heavy atom. The van der Waals surface area contributed by atoms with E-state index in [0.717, 1.165) is 6.07 Å². The van der Waals surface area contributed by atoms with E-state index in [1.54, 1.807) is 20.8 Å². The Balaban J connectivity index is 3.23. The highest BCUT2D eigenvalue weighted by atomic mass is 19.1. The number of hydrogen-bond donors (Lipinski definition) is 0. The molecule has 1 heterocycles. The minimum Gasteiger partial charge on any atom is -0.471 e. The highest BCUT2D eigenvalue weighted by molar-refractivity contribution is 5.41. The molecule has 0 fully saturated rings. The molecule has 0 radical (unpaired) electrons. The monoisotopic (exact) mass is 266 g/mol. The fraction of sp³-hybridized carbons (Fsp3) is 0.571. The molecule has 0 aromatic carbocycles. The molecule has 0 aliphatic carbocycles. The van der Waals surface area contributed by atoms with E-state index < -0.39 is 17.0 Å². The van der Waals surface area contributed by atoms with Crippen LogP contribution in [0.5, 0.6) is 11.8 Å². The van der Waals surface area contributed by atoms with Gasteiger partial charge in [-0.3, -0.25) is 0 Å². The molecule has 104 valence electrons. The van der Waals surface area contributed by atoms with E-state index in [4.69, 9.17) is 14.7 Å². The molecule has 5 heteroatoms. The second-order valence-electron chi connectivity index (χ2n) is 6.17. The first-order valence-corrected chi connectivity index (χ1v) is 6.00. The molecular formula is C14H19FN2O2. The second kappa shape index (κ2) is 5.04. The van der Waals surface area contributed by atoms with Crippen LogP contribution in [0.15, 0.2) is 6.07 Å². The Labute approximate surface area is 113 Å². The third-order valence-corrected chi connectivity index (χ3v) is 1.84. The van der Waals surface area contributed by atoms with E-state index in [9.17, 15) is 4.39 Å². The number of pyridine rings is 1. The van der Waals surface area contributed by atoms with Crippen LogP contribution in [0.25, 0.3) is 0 Å². The van der Waals surface area contributed by atoms with Crippen molar-refractivity contribution in [2.75, 3.05) is 0 Å². The molecule has 0 amide bonds. The number of nitrogens with zero attached hydrogens (tertiary/aromatic N) is 2. The number of hydrogen-bond acceptors (Lipinski definition) is 4. The SMILES string of the molecule is CC(C)(C)Oc1nc(OC(C)(C)C)c(C#N)cc1F. The Kier molecular flexibility index (Phi) is 4.04. The zero-order valence-electron chi connectivity index (χ0n) is 12.2. The molecule has 1 rings (SSSR count). The first-order valence-electron chi connectivity index (χ1n) is 6.00. The van der Waals surface area contributed by atoms with Crippen LogP contribution in [-0.2, 0) is 0 Å². The fourth-order valence-electron chi connectivity index (χ4n) is 1.27. The lowest BCUT2D eigenvalue weighted by Crippen LogP contribution is -2.26. The van der Waals surface area contributed by atoms with Gasteiger partial charge in [-0.15, -0.1) is 0 Å². The fourth-order valence-corrected chi connectivity index (χ4v) is 1.27. The molecule has 0 aliphatic heterocycles. The van der Waals surface area contributed by atoms with Crippen LogP contribution < -0.4 is 9.47 Å². The van der Waals surface area contributed by atoms with Gasteiger partial charge in [-0.25, -0.2) is 4.39 Å². The smallest absolute Gasteiger partial charge is 0.254 e. The van der Waals surface area contributed by atoms with Gasteiger partial charge in [0, 0.05) is 6.07 Å². The van der Waals surface area contributed by atoms with Gasteiger partial charge >= 0.3 is 0 Å². The van der Waals surface area contributed by atoms with E-state index in [1.165, 1.54) is 0 Å². The van der Waals surface area contributed by atoms with Gasteiger partial charge in [-0.05, 0) is 41.5 Å². The zero-order valence-corrected chi connectivity index (χ0v) is 12.2. The summed E-state index contributed by atoms with van der Waals surface area (Å²) in [5, 5.41) is 8.99. The first-order chi connectivity index (χ1) is 8.52. The van der Waals surface area contributed by atoms with Crippen LogP contribution in [0.4, 0.5) is 4.39 Å². The molecule has 0 unspecified atom stereocenters. The minimum atomic E-state index is -0.673. The standard InChI is InChI=1S/C14H19FN2O2/c1-13(2,3)18-11-9(8-16)7-10(15)12(17-11)19-14(4,5)6/h7H,1-6H3. The van der Waals surface area contributed by atoms with E-state index in [1.807, 2.05) is 26.8 Å². The maximum atomic E-state index is 13.8. The molecule has 0 saturated heterocycles. The topological polar surface area (TPSA) is 55.1 Å². The lowest BCUT2D eigenvalue weighted by Gasteiger charge is -2.24. The normalized spacial score (nSPS) is 11.9. The predicted molar refractivity (Wildman–Crippen MR) is 69.7 cm³/mol. The van der Waals surface area contributed by atoms with Gasteiger partial charge in [0.05, 0.1) is 0 Å². The van der Waals surface area contributed by atoms with Crippen molar-refractivity contribution in [1.29, 1.82) is 5.26 Å². The summed E-state index contributed by atoms with van der Waals surface area (Å²) in [5.41, 5.74) is -1.06. The van der Waals surface area contributed by atoms with Crippen molar-refractivity contribution < 1.29 is 13.9 Å². The van der Waals surface area contributed by atoms with Crippen molar-refractivity contribution in [2.45, 2.75) is 52.7 Å². The lowest BCUT2D eigenvalue weighted by molar-refractivity contribution is 0.103. The van der Waals surface area contributed by atoms with Crippen molar-refractivity contribution in [3.63, 3.8) is 0 Å². The average molecular weight is 266 g/mol. The maximum Gasteiger partial charge on any atom is 0.254 e. The van der Waals surface area contributed by atoms with Crippen LogP contribution in [0.2, 0.25) is 0 Å². The zero-order chi connectivity index (χ0) is 14.8. The van der Waals surface area contributed by atoms with Crippen molar-refractivity contribution in [3.05, 3.63) is 17.4 Å². The summed E-state index contributed by atoms with van der Waals surface area (Å²) in [7, 11) is 0. The van der Waals surface area contributed by atoms with Gasteiger partial charge in [-0.2, -0.15) is 10.2 Å². The van der Waals surface area contributed by atoms with E-state index in [-0.39, 0.29) is 17.3 Å². The number of rotatable bonds is 2. The first kappa shape index (κ1) is 15.2. The number of ether oxygens (including phenoxy) is 2. The van der Waals surface area contributed by atoms with Crippen LogP contribution in [-0.4, -0.2) is 16.2 Å². The van der Waals surface area contributed by atoms with Gasteiger partial charge in [0.1, 0.15) is 22.8 Å². The van der Waals surface area contributed by atoms with Crippen LogP contribution >= 0.6 is 0 Å². The molecule has 4 nitrogen and oxygen atoms in total. The summed E-state index contributed by atoms with van der Waals surface area (Å²) in [6.07, 6.45) is 0. The second-order valence-corrected chi connectivity index (χ2v) is 6.17. The Hall–Kier alpha value is -1.83. The lowest BCUT2D eigenvalue weighted by atomic mass is 10.2. The summed E-state index contributed by atoms with van der Waals surface area (Å²) in [4.78, 5) is 3.97. The molecular weight excluding hydrogens is 247 g/mol. The van der Waals surface area contributed by atoms with Crippen LogP contribution in [0.1, 0.15) is 47.1 Å². The molecule has 0 saturated carbocycles. The number of nitriles is 1. The van der Waals surface area contributed by atoms with Gasteiger partial charge in [0.15, 0.2) is 5.82 Å². The molecule has 0 N–H and O–H groups in total. The number of aromatic nitrogens is 1. The van der Waals surface area contributed by atoms with Gasteiger partial charge in [0.2, 0.25) is 5.88 Å². The Morgan fingerprint density at radius 3 is 1.95 bits per heavy atom. The van der Waals surface area contributed by atoms with Crippen LogP contribution in [0.3, 0.4) is 0 Å². The third kappa shape index (κ3) is 4.74. The van der Waals surface area contributed by atoms with Gasteiger partial charge in [-0.1, -0.05) is 0 Å². The number of halogens is 1. The quantitative estimate of drug-likeness (QED) is 0.822. The summed E-state index contributed by atoms with van der Waals surface area (Å²) in [5.74, 6) is -0.755. The Bertz CT molecular complexity index is 508. The summed E-state index contributed by atoms with van der Waals surface area (Å²) in [6.45, 7) is 10.8. The highest BCUT2D eigenvalue weighted by Gasteiger charge is 2.22. The van der Waals surface area contributed by atoms with Crippen molar-refractivity contribution in [3.8, 4) is 17.8 Å². The molecule has 0 atom stereocenters. The molecule has 0 aliphatic rings. The molecule has 0 bridgehead atoms. The molecule has 1 aromatic rings. The highest BCUT2D eigenvalue weighted by Crippen LogP contribution is 2.28. The largest absolute Gasteiger partial charge is 0.471 e.